The minimum atomic E-state index is -0.0283. The molecule has 0 aliphatic carbocycles. The molecular formula is C55H36N2. The summed E-state index contributed by atoms with van der Waals surface area (Å²) in [4.78, 5) is 3.79. The van der Waals surface area contributed by atoms with E-state index in [0.717, 1.165) is 5.70 Å². The second-order valence-electron chi connectivity index (χ2n) is 15.3. The number of dihydropyridines is 1. The van der Waals surface area contributed by atoms with Gasteiger partial charge in [-0.15, -0.1) is 0 Å². The van der Waals surface area contributed by atoms with Crippen molar-refractivity contribution in [3.05, 3.63) is 217 Å². The highest BCUT2D eigenvalue weighted by Gasteiger charge is 2.22. The first-order valence-corrected chi connectivity index (χ1v) is 19.8. The predicted octanol–water partition coefficient (Wildman–Crippen LogP) is 14.5. The van der Waals surface area contributed by atoms with Gasteiger partial charge in [-0.05, 0) is 95.2 Å². The zero-order valence-electron chi connectivity index (χ0n) is 31.1. The van der Waals surface area contributed by atoms with E-state index in [1.54, 1.807) is 0 Å². The highest BCUT2D eigenvalue weighted by molar-refractivity contribution is 6.37. The molecule has 2 N–H and O–H groups in total. The summed E-state index contributed by atoms with van der Waals surface area (Å²) in [5.74, 6) is 0. The zero-order chi connectivity index (χ0) is 37.5. The third kappa shape index (κ3) is 4.97. The van der Waals surface area contributed by atoms with Gasteiger partial charge in [0, 0.05) is 38.3 Å². The second kappa shape index (κ2) is 12.6. The highest BCUT2D eigenvalue weighted by atomic mass is 14.9. The summed E-state index contributed by atoms with van der Waals surface area (Å²) in [7, 11) is 0. The van der Waals surface area contributed by atoms with E-state index >= 15 is 0 Å². The summed E-state index contributed by atoms with van der Waals surface area (Å²) in [5.41, 5.74) is 10.8. The first-order chi connectivity index (χ1) is 28.3. The fourth-order valence-electron chi connectivity index (χ4n) is 9.58. The minimum absolute atomic E-state index is 0.0283. The second-order valence-corrected chi connectivity index (χ2v) is 15.3. The summed E-state index contributed by atoms with van der Waals surface area (Å²) in [6.45, 7) is 0. The van der Waals surface area contributed by atoms with E-state index in [-0.39, 0.29) is 6.04 Å². The van der Waals surface area contributed by atoms with Crippen molar-refractivity contribution < 1.29 is 0 Å². The molecule has 0 amide bonds. The molecule has 1 atom stereocenters. The van der Waals surface area contributed by atoms with Crippen molar-refractivity contribution in [1.82, 2.24) is 10.3 Å². The molecule has 57 heavy (non-hydrogen) atoms. The van der Waals surface area contributed by atoms with Crippen molar-refractivity contribution in [2.45, 2.75) is 6.04 Å². The van der Waals surface area contributed by atoms with Gasteiger partial charge in [0.15, 0.2) is 0 Å². The maximum absolute atomic E-state index is 3.97. The molecule has 0 bridgehead atoms. The molecule has 0 saturated heterocycles. The normalized spacial score (nSPS) is 14.5. The first kappa shape index (κ1) is 31.9. The Morgan fingerprint density at radius 3 is 1.72 bits per heavy atom. The maximum atomic E-state index is 3.97. The number of aromatic amines is 1. The number of rotatable bonds is 4. The van der Waals surface area contributed by atoms with Gasteiger partial charge in [0.05, 0.1) is 11.6 Å². The van der Waals surface area contributed by atoms with Crippen molar-refractivity contribution in [2.24, 2.45) is 0 Å². The number of aromatic nitrogens is 1. The Labute approximate surface area is 330 Å². The van der Waals surface area contributed by atoms with E-state index in [1.165, 1.54) is 109 Å². The summed E-state index contributed by atoms with van der Waals surface area (Å²) in [6, 6.07) is 68.8. The lowest BCUT2D eigenvalue weighted by Gasteiger charge is -2.27. The van der Waals surface area contributed by atoms with Crippen LogP contribution in [0.5, 0.6) is 0 Å². The monoisotopic (exact) mass is 724 g/mol. The smallest absolute Gasteiger partial charge is 0.0707 e. The number of benzene rings is 10. The molecule has 11 aromatic rings. The summed E-state index contributed by atoms with van der Waals surface area (Å²) in [5, 5.41) is 19.2. The highest BCUT2D eigenvalue weighted by Crippen LogP contribution is 2.45. The molecule has 1 aromatic heterocycles. The Kier molecular flexibility index (Phi) is 7.02. The molecule has 266 valence electrons. The Morgan fingerprint density at radius 2 is 0.965 bits per heavy atom. The summed E-state index contributed by atoms with van der Waals surface area (Å²) in [6.07, 6.45) is 4.74. The van der Waals surface area contributed by atoms with Crippen LogP contribution >= 0.6 is 0 Å². The lowest BCUT2D eigenvalue weighted by Crippen LogP contribution is -2.22. The number of allylic oxidation sites excluding steroid dienone is 2. The number of nitrogens with one attached hydrogen (secondary N) is 2. The molecule has 12 rings (SSSR count). The summed E-state index contributed by atoms with van der Waals surface area (Å²) >= 11 is 0. The Hall–Kier alpha value is -7.42. The van der Waals surface area contributed by atoms with Crippen molar-refractivity contribution in [3.63, 3.8) is 0 Å². The molecule has 2 heterocycles. The number of H-pyrrole nitrogens is 1. The molecule has 1 unspecified atom stereocenters. The van der Waals surface area contributed by atoms with Gasteiger partial charge < -0.3 is 10.3 Å². The fraction of sp³-hybridized carbons (Fsp3) is 0.0182. The molecule has 0 radical (unpaired) electrons. The van der Waals surface area contributed by atoms with Crippen molar-refractivity contribution in [3.8, 4) is 11.1 Å². The van der Waals surface area contributed by atoms with Crippen LogP contribution in [-0.2, 0) is 0 Å². The van der Waals surface area contributed by atoms with Gasteiger partial charge in [-0.3, -0.25) is 0 Å². The largest absolute Gasteiger partial charge is 0.374 e. The first-order valence-electron chi connectivity index (χ1n) is 19.8. The third-order valence-corrected chi connectivity index (χ3v) is 12.2. The molecule has 0 fully saturated rings. The van der Waals surface area contributed by atoms with Gasteiger partial charge >= 0.3 is 0 Å². The van der Waals surface area contributed by atoms with Gasteiger partial charge in [-0.25, -0.2) is 0 Å². The molecular weight excluding hydrogens is 689 g/mol. The SMILES string of the molecule is C1=C(c2cccc3ccccc23)C=C(c2cccc3ccccc23)NC1c1ccc(-c2cc3c4ccccc4c4[nH]c5ccccc5c4c3c3ccccc23)cc1. The average Bonchev–Trinajstić information content (AvgIpc) is 3.68. The van der Waals surface area contributed by atoms with Gasteiger partial charge in [-0.2, -0.15) is 0 Å². The van der Waals surface area contributed by atoms with Crippen LogP contribution in [0.15, 0.2) is 200 Å². The van der Waals surface area contributed by atoms with Crippen molar-refractivity contribution in [2.75, 3.05) is 0 Å². The van der Waals surface area contributed by atoms with Crippen LogP contribution in [0.25, 0.3) is 98.1 Å². The van der Waals surface area contributed by atoms with Gasteiger partial charge in [0.25, 0.3) is 0 Å². The van der Waals surface area contributed by atoms with E-state index in [4.69, 9.17) is 0 Å². The van der Waals surface area contributed by atoms with Crippen LogP contribution in [0.1, 0.15) is 22.7 Å². The lowest BCUT2D eigenvalue weighted by atomic mass is 9.87. The third-order valence-electron chi connectivity index (χ3n) is 12.2. The van der Waals surface area contributed by atoms with Crippen molar-refractivity contribution in [1.29, 1.82) is 0 Å². The number of fused-ring (bicyclic) bond motifs is 12. The van der Waals surface area contributed by atoms with Crippen LogP contribution in [0.4, 0.5) is 0 Å². The van der Waals surface area contributed by atoms with Crippen LogP contribution in [0, 0.1) is 0 Å². The lowest BCUT2D eigenvalue weighted by molar-refractivity contribution is 0.767. The van der Waals surface area contributed by atoms with E-state index in [1.807, 2.05) is 0 Å². The number of para-hydroxylation sites is 1. The molecule has 10 aromatic carbocycles. The maximum Gasteiger partial charge on any atom is 0.0707 e. The van der Waals surface area contributed by atoms with E-state index < -0.39 is 0 Å². The van der Waals surface area contributed by atoms with E-state index in [2.05, 4.69) is 211 Å². The molecule has 0 saturated carbocycles. The number of hydrogen-bond donors (Lipinski definition) is 2. The Morgan fingerprint density at radius 1 is 0.386 bits per heavy atom. The molecule has 1 aliphatic heterocycles. The van der Waals surface area contributed by atoms with Crippen LogP contribution in [0.3, 0.4) is 0 Å². The van der Waals surface area contributed by atoms with Crippen LogP contribution < -0.4 is 5.32 Å². The number of hydrogen-bond acceptors (Lipinski definition) is 1. The average molecular weight is 725 g/mol. The molecule has 1 aliphatic rings. The zero-order valence-corrected chi connectivity index (χ0v) is 31.1. The van der Waals surface area contributed by atoms with Gasteiger partial charge in [0.2, 0.25) is 0 Å². The molecule has 0 spiro atoms. The Balaban J connectivity index is 1.03. The summed E-state index contributed by atoms with van der Waals surface area (Å²) < 4.78 is 0. The molecule has 2 heteroatoms. The minimum Gasteiger partial charge on any atom is -0.374 e. The Bertz CT molecular complexity index is 3480. The fourth-order valence-corrected chi connectivity index (χ4v) is 9.58. The molecule has 2 nitrogen and oxygen atoms in total. The predicted molar refractivity (Wildman–Crippen MR) is 243 cm³/mol. The van der Waals surface area contributed by atoms with Crippen LogP contribution in [-0.4, -0.2) is 4.98 Å². The van der Waals surface area contributed by atoms with E-state index in [0.29, 0.717) is 0 Å². The van der Waals surface area contributed by atoms with Gasteiger partial charge in [-0.1, -0.05) is 176 Å². The van der Waals surface area contributed by atoms with Crippen molar-refractivity contribution >= 4 is 86.9 Å². The quantitative estimate of drug-likeness (QED) is 0.174. The standard InChI is InChI=1S/C55H36N2/c1-3-17-39-34(13-1)15-11-24-41(39)38-31-51(56-52(32-38)44-25-12-16-35-14-2-4-18-40(35)44)37-29-27-36(28-30-37)48-33-49-43-20-6-8-22-46(43)55-54(47-23-9-10-26-50(47)57-55)53(49)45-21-7-5-19-42(45)48/h1-33,51,56-57H. The van der Waals surface area contributed by atoms with Crippen LogP contribution in [0.2, 0.25) is 0 Å². The van der Waals surface area contributed by atoms with Gasteiger partial charge in [0.1, 0.15) is 0 Å². The van der Waals surface area contributed by atoms with E-state index in [9.17, 15) is 0 Å². The topological polar surface area (TPSA) is 27.8 Å².